The van der Waals surface area contributed by atoms with Crippen molar-refractivity contribution in [2.24, 2.45) is 16.7 Å². The maximum Gasteiger partial charge on any atom is 0.253 e. The summed E-state index contributed by atoms with van der Waals surface area (Å²) >= 11 is 0. The number of hydrogen-bond donors (Lipinski definition) is 4. The zero-order valence-electron chi connectivity index (χ0n) is 26.8. The molecule has 0 aromatic heterocycles. The minimum Gasteiger partial charge on any atom is -0.385 e. The highest BCUT2D eigenvalue weighted by atomic mass is 16.2. The van der Waals surface area contributed by atoms with Crippen LogP contribution in [0, 0.1) is 11.3 Å². The number of carbonyl (C=O) groups excluding carboxylic acids is 3. The largest absolute Gasteiger partial charge is 0.385 e. The van der Waals surface area contributed by atoms with Gasteiger partial charge in [0.15, 0.2) is 0 Å². The molecule has 2 rings (SSSR count). The Balaban J connectivity index is 2.56. The Labute approximate surface area is 261 Å². The predicted octanol–water partition coefficient (Wildman–Crippen LogP) is 1.78. The fraction of sp³-hybridized carbons (Fsp3) is 0.469. The summed E-state index contributed by atoms with van der Waals surface area (Å²) in [6, 6.07) is 8.79. The number of hydrogen-bond acceptors (Lipinski definition) is 8. The van der Waals surface area contributed by atoms with Crippen LogP contribution in [0.4, 0.5) is 0 Å². The molecule has 1 aliphatic rings. The molecule has 2 atom stereocenters. The monoisotopic (exact) mass is 605 g/mol. The highest BCUT2D eigenvalue weighted by molar-refractivity contribution is 5.98. The van der Waals surface area contributed by atoms with Gasteiger partial charge in [0.05, 0.1) is 18.0 Å². The number of nitrogens with one attached hydrogen (secondary N) is 2. The molecule has 1 aliphatic carbocycles. The van der Waals surface area contributed by atoms with Crippen molar-refractivity contribution in [2.75, 3.05) is 47.8 Å². The lowest BCUT2D eigenvalue weighted by Gasteiger charge is -2.36. The van der Waals surface area contributed by atoms with E-state index in [1.165, 1.54) is 9.80 Å². The summed E-state index contributed by atoms with van der Waals surface area (Å²) in [6.45, 7) is 4.65. The molecule has 1 unspecified atom stereocenters. The lowest BCUT2D eigenvalue weighted by atomic mass is 9.69. The number of hydrazone groups is 1. The van der Waals surface area contributed by atoms with E-state index >= 15 is 0 Å². The third kappa shape index (κ3) is 8.78. The summed E-state index contributed by atoms with van der Waals surface area (Å²) in [6.07, 6.45) is 9.84. The molecule has 44 heavy (non-hydrogen) atoms. The summed E-state index contributed by atoms with van der Waals surface area (Å²) in [5.74, 6) is 5.34. The van der Waals surface area contributed by atoms with Crippen LogP contribution in [-0.4, -0.2) is 92.1 Å². The lowest BCUT2D eigenvalue weighted by molar-refractivity contribution is -0.131. The SMILES string of the molecule is CCCCN(C(=O)CNCCC(C1=CC=C(C(=O)N(C)C)C=CC1)(/C(N)=N/NN)c1ccc(C(=O)N(C)C)cc1)[C@@H](C)C#N. The Morgan fingerprint density at radius 2 is 1.75 bits per heavy atom. The zero-order chi connectivity index (χ0) is 32.9. The minimum atomic E-state index is -1.03. The van der Waals surface area contributed by atoms with Crippen molar-refractivity contribution in [3.8, 4) is 6.07 Å². The van der Waals surface area contributed by atoms with Gasteiger partial charge in [-0.1, -0.05) is 43.7 Å². The van der Waals surface area contributed by atoms with E-state index in [2.05, 4.69) is 22.0 Å². The molecule has 6 N–H and O–H groups in total. The van der Waals surface area contributed by atoms with Crippen LogP contribution in [0.25, 0.3) is 0 Å². The van der Waals surface area contributed by atoms with Crippen molar-refractivity contribution in [1.29, 1.82) is 5.26 Å². The van der Waals surface area contributed by atoms with Gasteiger partial charge in [-0.3, -0.25) is 14.4 Å². The second-order valence-electron chi connectivity index (χ2n) is 11.1. The number of amides is 3. The number of nitrogens with two attached hydrogens (primary N) is 2. The fourth-order valence-corrected chi connectivity index (χ4v) is 5.10. The van der Waals surface area contributed by atoms with E-state index in [4.69, 9.17) is 11.6 Å². The number of nitrogens with zero attached hydrogens (tertiary/aromatic N) is 5. The molecular weight excluding hydrogens is 558 g/mol. The molecule has 238 valence electrons. The standard InChI is InChI=1S/C32H47N9O3/c1-7-8-20-41(23(2)21-33)28(42)22-36-19-18-32(31(34)37-38-35,27-16-13-25(14-17-27)30(44)40(5)6)26-11-9-10-24(12-15-26)29(43)39(3)4/h9-10,12-17,23,36,38H,7-8,11,18-20,22,35H2,1-6H3,(H2,34,37)/t23-,32?/m0/s1. The van der Waals surface area contributed by atoms with Crippen LogP contribution >= 0.6 is 0 Å². The Hall–Kier alpha value is -4.47. The van der Waals surface area contributed by atoms with Gasteiger partial charge in [-0.2, -0.15) is 10.4 Å². The van der Waals surface area contributed by atoms with Gasteiger partial charge in [0.2, 0.25) is 5.91 Å². The lowest BCUT2D eigenvalue weighted by Crippen LogP contribution is -2.48. The molecule has 0 aliphatic heterocycles. The first kappa shape index (κ1) is 35.7. The zero-order valence-corrected chi connectivity index (χ0v) is 26.8. The van der Waals surface area contributed by atoms with Crippen LogP contribution in [0.3, 0.4) is 0 Å². The molecule has 0 saturated carbocycles. The summed E-state index contributed by atoms with van der Waals surface area (Å²) in [5.41, 5.74) is 10.6. The first-order valence-electron chi connectivity index (χ1n) is 14.7. The van der Waals surface area contributed by atoms with Gasteiger partial charge in [-0.25, -0.2) is 11.4 Å². The van der Waals surface area contributed by atoms with Gasteiger partial charge >= 0.3 is 0 Å². The van der Waals surface area contributed by atoms with Crippen LogP contribution in [0.1, 0.15) is 55.5 Å². The molecule has 0 fully saturated rings. The van der Waals surface area contributed by atoms with Crippen molar-refractivity contribution in [3.05, 3.63) is 70.8 Å². The highest BCUT2D eigenvalue weighted by Gasteiger charge is 2.40. The van der Waals surface area contributed by atoms with Gasteiger partial charge in [-0.15, -0.1) is 0 Å². The number of rotatable bonds is 15. The molecule has 0 bridgehead atoms. The third-order valence-electron chi connectivity index (χ3n) is 7.63. The van der Waals surface area contributed by atoms with Gasteiger partial charge in [0.25, 0.3) is 11.8 Å². The number of benzene rings is 1. The van der Waals surface area contributed by atoms with E-state index < -0.39 is 11.5 Å². The molecule has 0 spiro atoms. The van der Waals surface area contributed by atoms with E-state index in [0.717, 1.165) is 24.0 Å². The highest BCUT2D eigenvalue weighted by Crippen LogP contribution is 2.39. The molecule has 12 nitrogen and oxygen atoms in total. The van der Waals surface area contributed by atoms with Crippen LogP contribution in [0.2, 0.25) is 0 Å². The predicted molar refractivity (Wildman–Crippen MR) is 173 cm³/mol. The number of nitriles is 1. The summed E-state index contributed by atoms with van der Waals surface area (Å²) < 4.78 is 0. The normalized spacial score (nSPS) is 15.1. The van der Waals surface area contributed by atoms with Crippen LogP contribution in [-0.2, 0) is 15.0 Å². The van der Waals surface area contributed by atoms with Gasteiger partial charge < -0.3 is 25.8 Å². The molecule has 0 radical (unpaired) electrons. The number of likely N-dealkylation sites (N-methyl/N-ethyl adjacent to an activating group) is 1. The molecule has 0 heterocycles. The van der Waals surface area contributed by atoms with Crippen molar-refractivity contribution >= 4 is 23.6 Å². The van der Waals surface area contributed by atoms with Crippen molar-refractivity contribution in [3.63, 3.8) is 0 Å². The Morgan fingerprint density at radius 1 is 1.09 bits per heavy atom. The first-order chi connectivity index (χ1) is 20.9. The molecule has 0 saturated heterocycles. The fourth-order valence-electron chi connectivity index (χ4n) is 5.10. The number of carbonyl (C=O) groups is 3. The number of hydrazine groups is 1. The molecule has 1 aromatic rings. The first-order valence-corrected chi connectivity index (χ1v) is 14.7. The maximum atomic E-state index is 13.1. The Morgan fingerprint density at radius 3 is 2.32 bits per heavy atom. The van der Waals surface area contributed by atoms with Crippen LogP contribution in [0.5, 0.6) is 0 Å². The second-order valence-corrected chi connectivity index (χ2v) is 11.1. The maximum absolute atomic E-state index is 13.1. The number of unbranched alkanes of at least 4 members (excludes halogenated alkanes) is 1. The van der Waals surface area contributed by atoms with Crippen molar-refractivity contribution in [2.45, 2.75) is 51.0 Å². The minimum absolute atomic E-state index is 0.0363. The van der Waals surface area contributed by atoms with Gasteiger partial charge in [-0.05, 0) is 62.1 Å². The van der Waals surface area contributed by atoms with E-state index in [1.54, 1.807) is 64.3 Å². The van der Waals surface area contributed by atoms with E-state index in [0.29, 0.717) is 37.1 Å². The quantitative estimate of drug-likeness (QED) is 0.0770. The average molecular weight is 606 g/mol. The van der Waals surface area contributed by atoms with E-state index in [-0.39, 0.29) is 30.1 Å². The Bertz CT molecular complexity index is 1320. The second kappa shape index (κ2) is 17.0. The summed E-state index contributed by atoms with van der Waals surface area (Å²) in [5, 5.41) is 16.9. The van der Waals surface area contributed by atoms with Crippen molar-refractivity contribution in [1.82, 2.24) is 25.6 Å². The summed E-state index contributed by atoms with van der Waals surface area (Å²) in [4.78, 5) is 43.0. The average Bonchev–Trinajstić information content (AvgIpc) is 3.27. The number of allylic oxidation sites excluding steroid dienone is 3. The van der Waals surface area contributed by atoms with Crippen LogP contribution in [0.15, 0.2) is 64.8 Å². The third-order valence-corrected chi connectivity index (χ3v) is 7.63. The van der Waals surface area contributed by atoms with Gasteiger partial charge in [0, 0.05) is 45.9 Å². The molecule has 3 amide bonds. The molecule has 1 aromatic carbocycles. The van der Waals surface area contributed by atoms with E-state index in [1.807, 2.05) is 31.2 Å². The van der Waals surface area contributed by atoms with Gasteiger partial charge in [0.1, 0.15) is 11.9 Å². The van der Waals surface area contributed by atoms with Crippen molar-refractivity contribution < 1.29 is 14.4 Å². The topological polar surface area (TPSA) is 173 Å². The van der Waals surface area contributed by atoms with E-state index in [9.17, 15) is 19.6 Å². The molecular formula is C32H47N9O3. The van der Waals surface area contributed by atoms with Crippen LogP contribution < -0.4 is 22.4 Å². The smallest absolute Gasteiger partial charge is 0.253 e. The Kier molecular flexibility index (Phi) is 13.8. The number of amidine groups is 1. The summed E-state index contributed by atoms with van der Waals surface area (Å²) in [7, 11) is 6.76. The molecule has 12 heteroatoms.